The highest BCUT2D eigenvalue weighted by atomic mass is 32.1. The Bertz CT molecular complexity index is 340. The van der Waals surface area contributed by atoms with Gasteiger partial charge < -0.3 is 4.90 Å². The molecule has 1 aromatic rings. The van der Waals surface area contributed by atoms with E-state index in [0.29, 0.717) is 19.6 Å². The van der Waals surface area contributed by atoms with Crippen molar-refractivity contribution in [2.45, 2.75) is 6.54 Å². The predicted octanol–water partition coefficient (Wildman–Crippen LogP) is 0.929. The van der Waals surface area contributed by atoms with E-state index in [2.05, 4.69) is 11.2 Å². The molecule has 0 unspecified atom stereocenters. The molecule has 1 heterocycles. The van der Waals surface area contributed by atoms with Crippen LogP contribution in [0.25, 0.3) is 0 Å². The van der Waals surface area contributed by atoms with Gasteiger partial charge in [0.05, 0.1) is 19.6 Å². The summed E-state index contributed by atoms with van der Waals surface area (Å²) in [5.41, 5.74) is 0. The lowest BCUT2D eigenvalue weighted by molar-refractivity contribution is -0.129. The minimum atomic E-state index is 0.0543. The summed E-state index contributed by atoms with van der Waals surface area (Å²) in [7, 11) is 1.79. The second-order valence-corrected chi connectivity index (χ2v) is 4.17. The fraction of sp³-hybridized carbons (Fsp3) is 0.364. The van der Waals surface area contributed by atoms with E-state index in [1.165, 1.54) is 4.88 Å². The Morgan fingerprint density at radius 1 is 1.73 bits per heavy atom. The molecule has 1 rings (SSSR count). The molecule has 0 aliphatic heterocycles. The van der Waals surface area contributed by atoms with Gasteiger partial charge in [-0.3, -0.25) is 10.1 Å². The number of hydrogen-bond donors (Lipinski definition) is 1. The average molecular weight is 222 g/mol. The Morgan fingerprint density at radius 2 is 2.53 bits per heavy atom. The molecule has 0 bridgehead atoms. The van der Waals surface area contributed by atoms with Gasteiger partial charge in [-0.2, -0.15) is 0 Å². The summed E-state index contributed by atoms with van der Waals surface area (Å²) in [6, 6.07) is 4.00. The van der Waals surface area contributed by atoms with Crippen molar-refractivity contribution in [1.29, 1.82) is 0 Å². The SMILES string of the molecule is C#CCNCC(=O)N(C)Cc1cccs1. The molecule has 80 valence electrons. The molecule has 0 radical (unpaired) electrons. The zero-order valence-corrected chi connectivity index (χ0v) is 9.51. The van der Waals surface area contributed by atoms with Gasteiger partial charge in [-0.25, -0.2) is 0 Å². The lowest BCUT2D eigenvalue weighted by atomic mass is 10.4. The Balaban J connectivity index is 2.31. The number of nitrogens with zero attached hydrogens (tertiary/aromatic N) is 1. The third kappa shape index (κ3) is 4.15. The quantitative estimate of drug-likeness (QED) is 0.594. The molecule has 0 saturated heterocycles. The fourth-order valence-corrected chi connectivity index (χ4v) is 1.86. The van der Waals surface area contributed by atoms with Crippen LogP contribution in [0.15, 0.2) is 17.5 Å². The van der Waals surface area contributed by atoms with Gasteiger partial charge in [0.1, 0.15) is 0 Å². The highest BCUT2D eigenvalue weighted by molar-refractivity contribution is 7.09. The average Bonchev–Trinajstić information content (AvgIpc) is 2.70. The first kappa shape index (κ1) is 11.8. The number of nitrogens with one attached hydrogen (secondary N) is 1. The normalized spacial score (nSPS) is 9.60. The molecule has 0 fully saturated rings. The van der Waals surface area contributed by atoms with Crippen molar-refractivity contribution in [2.24, 2.45) is 0 Å². The van der Waals surface area contributed by atoms with E-state index in [9.17, 15) is 4.79 Å². The summed E-state index contributed by atoms with van der Waals surface area (Å²) in [6.45, 7) is 1.39. The van der Waals surface area contributed by atoms with Crippen molar-refractivity contribution in [2.75, 3.05) is 20.1 Å². The van der Waals surface area contributed by atoms with Crippen LogP contribution in [0.5, 0.6) is 0 Å². The van der Waals surface area contributed by atoms with Gasteiger partial charge in [-0.15, -0.1) is 17.8 Å². The molecule has 1 aromatic heterocycles. The van der Waals surface area contributed by atoms with Gasteiger partial charge in [0.25, 0.3) is 0 Å². The summed E-state index contributed by atoms with van der Waals surface area (Å²) >= 11 is 1.65. The van der Waals surface area contributed by atoms with Crippen molar-refractivity contribution in [3.05, 3.63) is 22.4 Å². The summed E-state index contributed by atoms with van der Waals surface area (Å²) in [6.07, 6.45) is 5.06. The third-order valence-corrected chi connectivity index (χ3v) is 2.76. The molecule has 15 heavy (non-hydrogen) atoms. The smallest absolute Gasteiger partial charge is 0.236 e. The number of carbonyl (C=O) groups excluding carboxylic acids is 1. The molecular weight excluding hydrogens is 208 g/mol. The first-order chi connectivity index (χ1) is 7.24. The molecule has 1 amide bonds. The maximum atomic E-state index is 11.5. The van der Waals surface area contributed by atoms with E-state index in [0.717, 1.165) is 0 Å². The lowest BCUT2D eigenvalue weighted by Gasteiger charge is -2.15. The van der Waals surface area contributed by atoms with Gasteiger partial charge >= 0.3 is 0 Å². The zero-order valence-electron chi connectivity index (χ0n) is 8.69. The summed E-state index contributed by atoms with van der Waals surface area (Å²) in [5, 5.41) is 4.88. The van der Waals surface area contributed by atoms with Gasteiger partial charge in [0, 0.05) is 11.9 Å². The third-order valence-electron chi connectivity index (χ3n) is 1.90. The summed E-state index contributed by atoms with van der Waals surface area (Å²) < 4.78 is 0. The van der Waals surface area contributed by atoms with Crippen molar-refractivity contribution < 1.29 is 4.79 Å². The molecule has 0 aliphatic rings. The van der Waals surface area contributed by atoms with Crippen molar-refractivity contribution in [1.82, 2.24) is 10.2 Å². The van der Waals surface area contributed by atoms with Crippen LogP contribution >= 0.6 is 11.3 Å². The Morgan fingerprint density at radius 3 is 3.13 bits per heavy atom. The Hall–Kier alpha value is -1.31. The van der Waals surface area contributed by atoms with Gasteiger partial charge in [-0.1, -0.05) is 12.0 Å². The molecular formula is C11H14N2OS. The van der Waals surface area contributed by atoms with Crippen LogP contribution in [0.1, 0.15) is 4.88 Å². The fourth-order valence-electron chi connectivity index (χ4n) is 1.10. The molecule has 0 spiro atoms. The number of carbonyl (C=O) groups is 1. The van der Waals surface area contributed by atoms with E-state index in [1.54, 1.807) is 23.3 Å². The number of thiophene rings is 1. The molecule has 1 N–H and O–H groups in total. The van der Waals surface area contributed by atoms with Crippen LogP contribution in [0.2, 0.25) is 0 Å². The monoisotopic (exact) mass is 222 g/mol. The molecule has 3 nitrogen and oxygen atoms in total. The van der Waals surface area contributed by atoms with E-state index in [4.69, 9.17) is 6.42 Å². The van der Waals surface area contributed by atoms with Crippen LogP contribution in [0.4, 0.5) is 0 Å². The molecule has 0 aromatic carbocycles. The number of likely N-dealkylation sites (N-methyl/N-ethyl adjacent to an activating group) is 1. The predicted molar refractivity (Wildman–Crippen MR) is 62.5 cm³/mol. The summed E-state index contributed by atoms with van der Waals surface area (Å²) in [4.78, 5) is 14.4. The number of rotatable bonds is 5. The van der Waals surface area contributed by atoms with Gasteiger partial charge in [0.2, 0.25) is 5.91 Å². The Labute approximate surface area is 94.1 Å². The topological polar surface area (TPSA) is 32.3 Å². The lowest BCUT2D eigenvalue weighted by Crippen LogP contribution is -2.35. The standard InChI is InChI=1S/C11H14N2OS/c1-3-6-12-8-11(14)13(2)9-10-5-4-7-15-10/h1,4-5,7,12H,6,8-9H2,2H3. The van der Waals surface area contributed by atoms with Crippen LogP contribution in [0.3, 0.4) is 0 Å². The first-order valence-corrected chi connectivity index (χ1v) is 5.52. The molecule has 0 atom stereocenters. The minimum absolute atomic E-state index is 0.0543. The highest BCUT2D eigenvalue weighted by Gasteiger charge is 2.08. The molecule has 4 heteroatoms. The second kappa shape index (κ2) is 6.23. The van der Waals surface area contributed by atoms with E-state index in [-0.39, 0.29) is 5.91 Å². The maximum absolute atomic E-state index is 11.5. The van der Waals surface area contributed by atoms with Crippen molar-refractivity contribution >= 4 is 17.2 Å². The van der Waals surface area contributed by atoms with Crippen LogP contribution < -0.4 is 5.32 Å². The van der Waals surface area contributed by atoms with E-state index >= 15 is 0 Å². The Kier molecular flexibility index (Phi) is 4.88. The van der Waals surface area contributed by atoms with Crippen LogP contribution in [-0.4, -0.2) is 30.9 Å². The number of amides is 1. The van der Waals surface area contributed by atoms with E-state index in [1.807, 2.05) is 17.5 Å². The van der Waals surface area contributed by atoms with Gasteiger partial charge in [0.15, 0.2) is 0 Å². The highest BCUT2D eigenvalue weighted by Crippen LogP contribution is 2.10. The largest absolute Gasteiger partial charge is 0.340 e. The number of hydrogen-bond acceptors (Lipinski definition) is 3. The maximum Gasteiger partial charge on any atom is 0.236 e. The second-order valence-electron chi connectivity index (χ2n) is 3.14. The first-order valence-electron chi connectivity index (χ1n) is 4.64. The molecule has 0 saturated carbocycles. The summed E-state index contributed by atoms with van der Waals surface area (Å²) in [5.74, 6) is 2.48. The minimum Gasteiger partial charge on any atom is -0.340 e. The van der Waals surface area contributed by atoms with E-state index < -0.39 is 0 Å². The zero-order chi connectivity index (χ0) is 11.1. The number of terminal acetylenes is 1. The van der Waals surface area contributed by atoms with Crippen LogP contribution in [0, 0.1) is 12.3 Å². The van der Waals surface area contributed by atoms with Crippen molar-refractivity contribution in [3.63, 3.8) is 0 Å². The van der Waals surface area contributed by atoms with Crippen molar-refractivity contribution in [3.8, 4) is 12.3 Å². The van der Waals surface area contributed by atoms with Crippen LogP contribution in [-0.2, 0) is 11.3 Å². The van der Waals surface area contributed by atoms with Gasteiger partial charge in [-0.05, 0) is 11.4 Å². The molecule has 0 aliphatic carbocycles.